The SMILES string of the molecule is Br.CCc1ccc2c(n1)C(=N)N(CC(=O)c1ccc3c(c1)C(C)(C)C(C)N3C)C2. The molecule has 0 saturated carbocycles. The lowest BCUT2D eigenvalue weighted by Gasteiger charge is -2.28. The van der Waals surface area contributed by atoms with Crippen LogP contribution in [0.3, 0.4) is 0 Å². The zero-order valence-electron chi connectivity index (χ0n) is 17.7. The molecular formula is C23H29BrN4O. The number of aryl methyl sites for hydroxylation is 1. The third-order valence-corrected chi connectivity index (χ3v) is 6.65. The lowest BCUT2D eigenvalue weighted by molar-refractivity contribution is 0.0962. The van der Waals surface area contributed by atoms with Crippen LogP contribution in [0.2, 0.25) is 0 Å². The van der Waals surface area contributed by atoms with Crippen LogP contribution in [0.15, 0.2) is 30.3 Å². The van der Waals surface area contributed by atoms with Crippen molar-refractivity contribution in [2.75, 3.05) is 18.5 Å². The Morgan fingerprint density at radius 1 is 1.28 bits per heavy atom. The topological polar surface area (TPSA) is 60.3 Å². The smallest absolute Gasteiger partial charge is 0.182 e. The van der Waals surface area contributed by atoms with E-state index in [9.17, 15) is 4.79 Å². The maximum absolute atomic E-state index is 13.0. The van der Waals surface area contributed by atoms with Crippen LogP contribution in [0.1, 0.15) is 60.6 Å². The molecule has 1 aromatic carbocycles. The highest BCUT2D eigenvalue weighted by Crippen LogP contribution is 2.44. The molecule has 29 heavy (non-hydrogen) atoms. The van der Waals surface area contributed by atoms with Crippen LogP contribution in [0.4, 0.5) is 5.69 Å². The number of fused-ring (bicyclic) bond motifs is 2. The summed E-state index contributed by atoms with van der Waals surface area (Å²) in [6, 6.07) is 10.5. The number of aromatic nitrogens is 1. The maximum Gasteiger partial charge on any atom is 0.182 e. The first-order chi connectivity index (χ1) is 13.2. The summed E-state index contributed by atoms with van der Waals surface area (Å²) in [6.07, 6.45) is 0.845. The third-order valence-electron chi connectivity index (χ3n) is 6.65. The molecule has 0 radical (unpaired) electrons. The molecule has 0 saturated heterocycles. The Morgan fingerprint density at radius 3 is 2.69 bits per heavy atom. The van der Waals surface area contributed by atoms with E-state index in [1.54, 1.807) is 0 Å². The lowest BCUT2D eigenvalue weighted by atomic mass is 9.80. The van der Waals surface area contributed by atoms with Crippen LogP contribution in [0.25, 0.3) is 0 Å². The van der Waals surface area contributed by atoms with E-state index in [1.807, 2.05) is 23.1 Å². The van der Waals surface area contributed by atoms with E-state index in [4.69, 9.17) is 5.41 Å². The van der Waals surface area contributed by atoms with E-state index in [0.29, 0.717) is 18.4 Å². The number of benzene rings is 1. The summed E-state index contributed by atoms with van der Waals surface area (Å²) in [5, 5.41) is 8.46. The predicted molar refractivity (Wildman–Crippen MR) is 123 cm³/mol. The molecule has 0 amide bonds. The summed E-state index contributed by atoms with van der Waals surface area (Å²) in [7, 11) is 2.11. The average molecular weight is 457 g/mol. The number of rotatable bonds is 4. The summed E-state index contributed by atoms with van der Waals surface area (Å²) < 4.78 is 0. The Balaban J connectivity index is 0.00000240. The zero-order valence-corrected chi connectivity index (χ0v) is 19.5. The first-order valence-corrected chi connectivity index (χ1v) is 9.97. The molecule has 5 nitrogen and oxygen atoms in total. The molecule has 154 valence electrons. The van der Waals surface area contributed by atoms with Crippen molar-refractivity contribution in [1.82, 2.24) is 9.88 Å². The molecule has 3 heterocycles. The maximum atomic E-state index is 13.0. The number of pyridine rings is 1. The van der Waals surface area contributed by atoms with Gasteiger partial charge in [0.15, 0.2) is 5.78 Å². The van der Waals surface area contributed by atoms with Gasteiger partial charge in [-0.25, -0.2) is 4.98 Å². The second kappa shape index (κ2) is 7.56. The van der Waals surface area contributed by atoms with E-state index in [0.717, 1.165) is 28.9 Å². The second-order valence-corrected chi connectivity index (χ2v) is 8.53. The third kappa shape index (κ3) is 3.37. The van der Waals surface area contributed by atoms with Crippen LogP contribution in [0, 0.1) is 5.41 Å². The fourth-order valence-electron chi connectivity index (χ4n) is 4.34. The number of nitrogens with one attached hydrogen (secondary N) is 1. The molecule has 0 fully saturated rings. The Labute approximate surface area is 183 Å². The summed E-state index contributed by atoms with van der Waals surface area (Å²) in [4.78, 5) is 21.7. The minimum Gasteiger partial charge on any atom is -0.371 e. The molecule has 2 aromatic rings. The second-order valence-electron chi connectivity index (χ2n) is 8.53. The highest BCUT2D eigenvalue weighted by atomic mass is 79.9. The van der Waals surface area contributed by atoms with Crippen molar-refractivity contribution in [1.29, 1.82) is 5.41 Å². The number of halogens is 1. The zero-order chi connectivity index (χ0) is 20.2. The average Bonchev–Trinajstić information content (AvgIpc) is 3.08. The molecule has 0 bridgehead atoms. The molecule has 6 heteroatoms. The Morgan fingerprint density at radius 2 is 2.00 bits per heavy atom. The standard InChI is InChI=1S/C23H28N4O.BrH/c1-6-17-9-7-16-12-27(22(24)21(16)25-17)13-20(28)15-8-10-19-18(11-15)23(3,4)14(2)26(19)5;/h7-11,14,24H,6,12-13H2,1-5H3;1H. The quantitative estimate of drug-likeness (QED) is 0.694. The molecule has 0 aliphatic carbocycles. The number of likely N-dealkylation sites (N-methyl/N-ethyl adjacent to an activating group) is 1. The summed E-state index contributed by atoms with van der Waals surface area (Å²) in [6.45, 7) is 9.54. The van der Waals surface area contributed by atoms with E-state index in [-0.39, 0.29) is 34.7 Å². The normalized spacial score (nSPS) is 19.1. The van der Waals surface area contributed by atoms with Crippen LogP contribution >= 0.6 is 17.0 Å². The minimum atomic E-state index is -0.00254. The predicted octanol–water partition coefficient (Wildman–Crippen LogP) is 4.36. The van der Waals surface area contributed by atoms with Gasteiger partial charge in [-0.05, 0) is 43.2 Å². The van der Waals surface area contributed by atoms with Gasteiger partial charge < -0.3 is 9.80 Å². The van der Waals surface area contributed by atoms with Crippen LogP contribution in [0.5, 0.6) is 0 Å². The Bertz CT molecular complexity index is 985. The van der Waals surface area contributed by atoms with Crippen molar-refractivity contribution in [3.8, 4) is 0 Å². The summed E-state index contributed by atoms with van der Waals surface area (Å²) in [5.41, 5.74) is 5.88. The number of ketones is 1. The molecule has 0 spiro atoms. The van der Waals surface area contributed by atoms with E-state index in [1.165, 1.54) is 11.3 Å². The number of carbonyl (C=O) groups excluding carboxylic acids is 1. The molecule has 1 atom stereocenters. The lowest BCUT2D eigenvalue weighted by Crippen LogP contribution is -2.36. The molecule has 4 rings (SSSR count). The van der Waals surface area contributed by atoms with Gasteiger partial charge in [-0.15, -0.1) is 17.0 Å². The van der Waals surface area contributed by atoms with Gasteiger partial charge in [0, 0.05) is 47.6 Å². The Hall–Kier alpha value is -2.21. The molecular weight excluding hydrogens is 428 g/mol. The first kappa shape index (κ1) is 21.5. The first-order valence-electron chi connectivity index (χ1n) is 9.97. The van der Waals surface area contributed by atoms with Gasteiger partial charge in [-0.1, -0.05) is 26.8 Å². The largest absolute Gasteiger partial charge is 0.371 e. The van der Waals surface area contributed by atoms with Crippen molar-refractivity contribution in [2.24, 2.45) is 0 Å². The number of anilines is 1. The number of hydrogen-bond acceptors (Lipinski definition) is 4. The van der Waals surface area contributed by atoms with E-state index in [2.05, 4.69) is 56.8 Å². The highest BCUT2D eigenvalue weighted by Gasteiger charge is 2.40. The minimum absolute atomic E-state index is 0. The van der Waals surface area contributed by atoms with E-state index < -0.39 is 0 Å². The van der Waals surface area contributed by atoms with Gasteiger partial charge in [-0.3, -0.25) is 10.2 Å². The van der Waals surface area contributed by atoms with E-state index >= 15 is 0 Å². The fourth-order valence-corrected chi connectivity index (χ4v) is 4.34. The fraction of sp³-hybridized carbons (Fsp3) is 0.435. The van der Waals surface area contributed by atoms with Gasteiger partial charge in [0.1, 0.15) is 11.5 Å². The summed E-state index contributed by atoms with van der Waals surface area (Å²) in [5.74, 6) is 0.405. The van der Waals surface area contributed by atoms with Gasteiger partial charge in [-0.2, -0.15) is 0 Å². The van der Waals surface area contributed by atoms with Gasteiger partial charge >= 0.3 is 0 Å². The number of Topliss-reactive ketones (excluding diaryl/α,β-unsaturated/α-hetero) is 1. The van der Waals surface area contributed by atoms with Crippen molar-refractivity contribution < 1.29 is 4.79 Å². The van der Waals surface area contributed by atoms with Gasteiger partial charge in [0.2, 0.25) is 0 Å². The number of hydrogen-bond donors (Lipinski definition) is 1. The monoisotopic (exact) mass is 456 g/mol. The molecule has 2 aliphatic heterocycles. The number of amidine groups is 1. The summed E-state index contributed by atoms with van der Waals surface area (Å²) >= 11 is 0. The Kier molecular flexibility index (Phi) is 5.60. The number of nitrogens with zero attached hydrogens (tertiary/aromatic N) is 3. The molecule has 1 unspecified atom stereocenters. The van der Waals surface area contributed by atoms with Crippen molar-refractivity contribution in [3.05, 3.63) is 58.4 Å². The van der Waals surface area contributed by atoms with Crippen LogP contribution in [-0.2, 0) is 18.4 Å². The van der Waals surface area contributed by atoms with Crippen molar-refractivity contribution >= 4 is 34.3 Å². The number of carbonyl (C=O) groups is 1. The van der Waals surface area contributed by atoms with Crippen molar-refractivity contribution in [2.45, 2.75) is 52.1 Å². The van der Waals surface area contributed by atoms with Crippen LogP contribution in [-0.4, -0.2) is 41.1 Å². The van der Waals surface area contributed by atoms with Gasteiger partial charge in [0.25, 0.3) is 0 Å². The molecule has 2 aliphatic rings. The highest BCUT2D eigenvalue weighted by molar-refractivity contribution is 8.93. The molecule has 1 N–H and O–H groups in total. The van der Waals surface area contributed by atoms with Gasteiger partial charge in [0.05, 0.1) is 6.54 Å². The molecule has 1 aromatic heterocycles. The van der Waals surface area contributed by atoms with Crippen molar-refractivity contribution in [3.63, 3.8) is 0 Å². The van der Waals surface area contributed by atoms with Crippen LogP contribution < -0.4 is 4.90 Å².